The van der Waals surface area contributed by atoms with E-state index in [0.717, 1.165) is 93.6 Å². The fourth-order valence-electron chi connectivity index (χ4n) is 5.31. The Morgan fingerprint density at radius 1 is 0.879 bits per heavy atom. The molecule has 3 aliphatic heterocycles. The summed E-state index contributed by atoms with van der Waals surface area (Å²) in [6, 6.07) is 5.91. The predicted molar refractivity (Wildman–Crippen MR) is 127 cm³/mol. The predicted octanol–water partition coefficient (Wildman–Crippen LogP) is 2.85. The minimum atomic E-state index is 0.0664. The lowest BCUT2D eigenvalue weighted by molar-refractivity contribution is -0.134. The first-order valence-corrected chi connectivity index (χ1v) is 12.2. The molecule has 6 heterocycles. The molecule has 0 radical (unpaired) electrons. The lowest BCUT2D eigenvalue weighted by atomic mass is 9.96. The number of hydrogen-bond acceptors (Lipinski definition) is 7. The van der Waals surface area contributed by atoms with Crippen molar-refractivity contribution >= 4 is 28.8 Å². The molecule has 33 heavy (non-hydrogen) atoms. The molecule has 6 rings (SSSR count). The molecule has 1 atom stereocenters. The zero-order valence-corrected chi connectivity index (χ0v) is 18.9. The monoisotopic (exact) mass is 446 g/mol. The van der Waals surface area contributed by atoms with Gasteiger partial charge in [0.05, 0.1) is 5.92 Å². The van der Waals surface area contributed by atoms with Crippen LogP contribution >= 0.6 is 0 Å². The number of fused-ring (bicyclic) bond motifs is 1. The highest BCUT2D eigenvalue weighted by atomic mass is 16.2. The summed E-state index contributed by atoms with van der Waals surface area (Å²) in [6.45, 7) is 5.50. The van der Waals surface area contributed by atoms with Gasteiger partial charge >= 0.3 is 0 Å². The number of amides is 1. The van der Waals surface area contributed by atoms with E-state index in [0.29, 0.717) is 11.7 Å². The van der Waals surface area contributed by atoms with Crippen molar-refractivity contribution in [3.63, 3.8) is 0 Å². The fraction of sp³-hybridized carbons (Fsp3) is 0.542. The van der Waals surface area contributed by atoms with E-state index in [1.165, 1.54) is 12.8 Å². The van der Waals surface area contributed by atoms with E-state index in [2.05, 4.69) is 19.8 Å². The van der Waals surface area contributed by atoms with Crippen LogP contribution in [0.2, 0.25) is 0 Å². The third-order valence-electron chi connectivity index (χ3n) is 7.12. The van der Waals surface area contributed by atoms with E-state index in [9.17, 15) is 4.79 Å². The van der Waals surface area contributed by atoms with Gasteiger partial charge in [-0.05, 0) is 56.7 Å². The molecular weight excluding hydrogens is 416 g/mol. The van der Waals surface area contributed by atoms with Crippen molar-refractivity contribution < 1.29 is 4.79 Å². The van der Waals surface area contributed by atoms with Gasteiger partial charge in [-0.25, -0.2) is 19.9 Å². The van der Waals surface area contributed by atoms with Gasteiger partial charge in [-0.1, -0.05) is 0 Å². The second-order valence-electron chi connectivity index (χ2n) is 9.38. The average molecular weight is 447 g/mol. The second-order valence-corrected chi connectivity index (χ2v) is 9.38. The van der Waals surface area contributed by atoms with Gasteiger partial charge in [0.1, 0.15) is 17.0 Å². The number of anilines is 2. The Hall–Kier alpha value is -3.23. The van der Waals surface area contributed by atoms with Crippen LogP contribution in [-0.4, -0.2) is 75.0 Å². The van der Waals surface area contributed by atoms with Crippen molar-refractivity contribution in [1.29, 1.82) is 0 Å². The number of aromatic nitrogens is 5. The molecule has 3 aromatic rings. The normalized spacial score (nSPS) is 21.3. The van der Waals surface area contributed by atoms with Crippen LogP contribution in [0.4, 0.5) is 11.8 Å². The standard InChI is InChI=1S/C24H30N8O/c33-23(30-11-1-2-12-30)17-6-5-15-32(16-17)20-8-7-18-22(28-20)29-21(26-18)19-9-10-25-24(27-19)31-13-3-4-14-31/h7-10,17H,1-6,11-16H2,(H,26,28,29)/t17-/m1/s1. The minimum absolute atomic E-state index is 0.0664. The zero-order valence-electron chi connectivity index (χ0n) is 18.9. The number of nitrogens with one attached hydrogen (secondary N) is 1. The van der Waals surface area contributed by atoms with Gasteiger partial charge in [0.15, 0.2) is 11.5 Å². The molecule has 0 aromatic carbocycles. The lowest BCUT2D eigenvalue weighted by Gasteiger charge is -2.34. The van der Waals surface area contributed by atoms with Crippen LogP contribution in [0.1, 0.15) is 38.5 Å². The Morgan fingerprint density at radius 3 is 2.52 bits per heavy atom. The summed E-state index contributed by atoms with van der Waals surface area (Å²) in [6.07, 6.45) is 8.42. The zero-order chi connectivity index (χ0) is 22.2. The molecule has 1 N–H and O–H groups in total. The van der Waals surface area contributed by atoms with Crippen LogP contribution in [0.25, 0.3) is 22.7 Å². The molecule has 0 bridgehead atoms. The van der Waals surface area contributed by atoms with E-state index in [1.54, 1.807) is 6.20 Å². The van der Waals surface area contributed by atoms with Crippen molar-refractivity contribution in [3.8, 4) is 11.5 Å². The molecule has 0 spiro atoms. The molecule has 9 nitrogen and oxygen atoms in total. The van der Waals surface area contributed by atoms with Crippen molar-refractivity contribution in [3.05, 3.63) is 24.4 Å². The first-order valence-electron chi connectivity index (χ1n) is 12.2. The SMILES string of the molecule is O=C([C@@H]1CCCN(c2ccc3nc(-c4ccnc(N5CCCC5)n4)[nH]c3n2)C1)N1CCCC1. The maximum Gasteiger partial charge on any atom is 0.227 e. The number of piperidine rings is 1. The quantitative estimate of drug-likeness (QED) is 0.659. The highest BCUT2D eigenvalue weighted by molar-refractivity contribution is 5.80. The van der Waals surface area contributed by atoms with E-state index in [1.807, 2.05) is 23.1 Å². The first kappa shape index (κ1) is 20.4. The Bertz CT molecular complexity index is 1150. The van der Waals surface area contributed by atoms with Crippen LogP contribution in [0.15, 0.2) is 24.4 Å². The molecule has 0 unspecified atom stereocenters. The van der Waals surface area contributed by atoms with E-state index in [-0.39, 0.29) is 5.92 Å². The number of carbonyl (C=O) groups excluding carboxylic acids is 1. The smallest absolute Gasteiger partial charge is 0.227 e. The van der Waals surface area contributed by atoms with Crippen molar-refractivity contribution in [2.24, 2.45) is 5.92 Å². The summed E-state index contributed by atoms with van der Waals surface area (Å²) in [5.74, 6) is 2.76. The third kappa shape index (κ3) is 4.00. The summed E-state index contributed by atoms with van der Waals surface area (Å²) < 4.78 is 0. The Morgan fingerprint density at radius 2 is 1.67 bits per heavy atom. The fourth-order valence-corrected chi connectivity index (χ4v) is 5.31. The number of rotatable bonds is 4. The third-order valence-corrected chi connectivity index (χ3v) is 7.12. The number of pyridine rings is 1. The maximum atomic E-state index is 12.9. The molecule has 0 aliphatic carbocycles. The largest absolute Gasteiger partial charge is 0.356 e. The van der Waals surface area contributed by atoms with Crippen LogP contribution in [0.3, 0.4) is 0 Å². The van der Waals surface area contributed by atoms with Gasteiger partial charge in [0.25, 0.3) is 0 Å². The highest BCUT2D eigenvalue weighted by Crippen LogP contribution is 2.27. The van der Waals surface area contributed by atoms with Gasteiger partial charge in [0.2, 0.25) is 11.9 Å². The van der Waals surface area contributed by atoms with E-state index < -0.39 is 0 Å². The van der Waals surface area contributed by atoms with E-state index in [4.69, 9.17) is 15.0 Å². The number of likely N-dealkylation sites (tertiary alicyclic amines) is 1. The van der Waals surface area contributed by atoms with Gasteiger partial charge < -0.3 is 19.7 Å². The van der Waals surface area contributed by atoms with Gasteiger partial charge in [-0.2, -0.15) is 0 Å². The number of nitrogens with zero attached hydrogens (tertiary/aromatic N) is 7. The van der Waals surface area contributed by atoms with Crippen molar-refractivity contribution in [2.75, 3.05) is 49.1 Å². The van der Waals surface area contributed by atoms with Crippen molar-refractivity contribution in [2.45, 2.75) is 38.5 Å². The summed E-state index contributed by atoms with van der Waals surface area (Å²) in [7, 11) is 0. The summed E-state index contributed by atoms with van der Waals surface area (Å²) in [4.78, 5) is 41.6. The second kappa shape index (κ2) is 8.61. The molecule has 0 saturated carbocycles. The van der Waals surface area contributed by atoms with Crippen LogP contribution in [-0.2, 0) is 4.79 Å². The lowest BCUT2D eigenvalue weighted by Crippen LogP contribution is -2.44. The van der Waals surface area contributed by atoms with Crippen molar-refractivity contribution in [1.82, 2.24) is 29.8 Å². The molecule has 3 fully saturated rings. The molecule has 9 heteroatoms. The summed E-state index contributed by atoms with van der Waals surface area (Å²) in [5.41, 5.74) is 2.34. The Labute approximate surface area is 193 Å². The Kier molecular flexibility index (Phi) is 5.32. The molecule has 3 aliphatic rings. The molecule has 172 valence electrons. The van der Waals surface area contributed by atoms with Crippen LogP contribution in [0, 0.1) is 5.92 Å². The van der Waals surface area contributed by atoms with Crippen LogP contribution < -0.4 is 9.80 Å². The Balaban J connectivity index is 1.22. The van der Waals surface area contributed by atoms with Gasteiger partial charge in [-0.3, -0.25) is 4.79 Å². The molecule has 3 saturated heterocycles. The van der Waals surface area contributed by atoms with Gasteiger partial charge in [0, 0.05) is 45.5 Å². The molecule has 3 aromatic heterocycles. The maximum absolute atomic E-state index is 12.9. The number of H-pyrrole nitrogens is 1. The van der Waals surface area contributed by atoms with E-state index >= 15 is 0 Å². The number of carbonyl (C=O) groups is 1. The number of hydrogen-bond donors (Lipinski definition) is 1. The van der Waals surface area contributed by atoms with Gasteiger partial charge in [-0.15, -0.1) is 0 Å². The first-order chi connectivity index (χ1) is 16.2. The highest BCUT2D eigenvalue weighted by Gasteiger charge is 2.31. The number of aromatic amines is 1. The molecule has 1 amide bonds. The summed E-state index contributed by atoms with van der Waals surface area (Å²) >= 11 is 0. The summed E-state index contributed by atoms with van der Waals surface area (Å²) in [5, 5.41) is 0. The average Bonchev–Trinajstić information content (AvgIpc) is 3.65. The van der Waals surface area contributed by atoms with Crippen LogP contribution in [0.5, 0.6) is 0 Å². The topological polar surface area (TPSA) is 94.1 Å². The molecular formula is C24H30N8O. The number of imidazole rings is 1. The minimum Gasteiger partial charge on any atom is -0.356 e.